The maximum absolute atomic E-state index is 6.05. The van der Waals surface area contributed by atoms with Crippen LogP contribution < -0.4 is 4.90 Å². The van der Waals surface area contributed by atoms with E-state index in [2.05, 4.69) is 36.0 Å². The Morgan fingerprint density at radius 2 is 2.00 bits per heavy atom. The van der Waals surface area contributed by atoms with Crippen LogP contribution >= 0.6 is 0 Å². The van der Waals surface area contributed by atoms with Crippen molar-refractivity contribution >= 4 is 16.7 Å². The summed E-state index contributed by atoms with van der Waals surface area (Å²) in [5.41, 5.74) is 4.25. The predicted octanol–water partition coefficient (Wildman–Crippen LogP) is 4.54. The minimum atomic E-state index is -0.0313. The van der Waals surface area contributed by atoms with Gasteiger partial charge in [-0.15, -0.1) is 0 Å². The van der Waals surface area contributed by atoms with E-state index < -0.39 is 0 Å². The Morgan fingerprint density at radius 3 is 2.78 bits per heavy atom. The van der Waals surface area contributed by atoms with Crippen LogP contribution in [0.1, 0.15) is 57.2 Å². The average molecular weight is 434 g/mol. The summed E-state index contributed by atoms with van der Waals surface area (Å²) in [6.45, 7) is 7.68. The SMILES string of the molecule is C[C@@H]1COCCN1c1cc([C@H]2C[C@@H]2C)c2ccnc(-c3ccnn3C3CCCCO3)c2n1. The number of nitrogens with zero attached hydrogens (tertiary/aromatic N) is 5. The lowest BCUT2D eigenvalue weighted by atomic mass is 10.0. The molecule has 0 radical (unpaired) electrons. The minimum Gasteiger partial charge on any atom is -0.377 e. The van der Waals surface area contributed by atoms with E-state index in [1.165, 1.54) is 17.4 Å². The molecule has 7 nitrogen and oxygen atoms in total. The Bertz CT molecular complexity index is 1120. The molecule has 168 valence electrons. The molecule has 2 aliphatic heterocycles. The van der Waals surface area contributed by atoms with Crippen LogP contribution in [0.25, 0.3) is 22.3 Å². The standard InChI is InChI=1S/C25H31N5O2/c1-16-13-19(16)20-14-22(29-10-12-31-15-17(29)2)28-24-18(20)6-8-26-25(24)21-7-9-27-30(21)23-5-3-4-11-32-23/h6-9,14,16-17,19,23H,3-5,10-13,15H2,1-2H3/t16-,17+,19-,23?/m0/s1. The van der Waals surface area contributed by atoms with Crippen molar-refractivity contribution in [1.29, 1.82) is 0 Å². The second-order valence-electron chi connectivity index (χ2n) is 9.54. The van der Waals surface area contributed by atoms with E-state index in [-0.39, 0.29) is 6.23 Å². The lowest BCUT2D eigenvalue weighted by Crippen LogP contribution is -2.44. The predicted molar refractivity (Wildman–Crippen MR) is 124 cm³/mol. The average Bonchev–Trinajstić information content (AvgIpc) is 3.35. The van der Waals surface area contributed by atoms with E-state index in [1.54, 1.807) is 0 Å². The fourth-order valence-corrected chi connectivity index (χ4v) is 5.28. The third-order valence-corrected chi connectivity index (χ3v) is 7.26. The summed E-state index contributed by atoms with van der Waals surface area (Å²) in [5, 5.41) is 5.84. The highest BCUT2D eigenvalue weighted by molar-refractivity contribution is 5.94. The van der Waals surface area contributed by atoms with Crippen molar-refractivity contribution in [3.05, 3.63) is 36.2 Å². The van der Waals surface area contributed by atoms with Crippen molar-refractivity contribution in [3.63, 3.8) is 0 Å². The molecule has 5 heterocycles. The highest BCUT2D eigenvalue weighted by Gasteiger charge is 2.36. The molecule has 0 bridgehead atoms. The van der Waals surface area contributed by atoms with Crippen LogP contribution in [-0.4, -0.2) is 52.2 Å². The number of hydrogen-bond acceptors (Lipinski definition) is 6. The van der Waals surface area contributed by atoms with Gasteiger partial charge in [-0.25, -0.2) is 9.67 Å². The molecule has 0 spiro atoms. The molecule has 1 saturated carbocycles. The molecule has 6 rings (SSSR count). The molecular weight excluding hydrogens is 402 g/mol. The number of pyridine rings is 2. The van der Waals surface area contributed by atoms with E-state index >= 15 is 0 Å². The number of ether oxygens (including phenoxy) is 2. The number of morpholine rings is 1. The Balaban J connectivity index is 1.51. The molecule has 3 aromatic rings. The normalized spacial score (nSPS) is 28.2. The zero-order chi connectivity index (χ0) is 21.7. The van der Waals surface area contributed by atoms with Gasteiger partial charge in [0.1, 0.15) is 17.0 Å². The highest BCUT2D eigenvalue weighted by atomic mass is 16.5. The summed E-state index contributed by atoms with van der Waals surface area (Å²) >= 11 is 0. The second kappa shape index (κ2) is 8.12. The van der Waals surface area contributed by atoms with Crippen molar-refractivity contribution in [1.82, 2.24) is 19.7 Å². The second-order valence-corrected chi connectivity index (χ2v) is 9.54. The van der Waals surface area contributed by atoms with Gasteiger partial charge in [-0.05, 0) is 68.2 Å². The van der Waals surface area contributed by atoms with E-state index in [0.717, 1.165) is 68.4 Å². The summed E-state index contributed by atoms with van der Waals surface area (Å²) in [5.74, 6) is 2.35. The lowest BCUT2D eigenvalue weighted by molar-refractivity contribution is -0.0383. The van der Waals surface area contributed by atoms with Gasteiger partial charge in [0.15, 0.2) is 6.23 Å². The van der Waals surface area contributed by atoms with Gasteiger partial charge in [0.2, 0.25) is 0 Å². The van der Waals surface area contributed by atoms with Crippen LogP contribution in [0, 0.1) is 5.92 Å². The molecule has 7 heteroatoms. The molecular formula is C25H31N5O2. The molecule has 2 saturated heterocycles. The van der Waals surface area contributed by atoms with E-state index in [4.69, 9.17) is 19.4 Å². The van der Waals surface area contributed by atoms with Crippen molar-refractivity contribution in [2.45, 2.75) is 57.7 Å². The molecule has 1 unspecified atom stereocenters. The van der Waals surface area contributed by atoms with Crippen LogP contribution in [0.5, 0.6) is 0 Å². The van der Waals surface area contributed by atoms with Gasteiger partial charge in [-0.3, -0.25) is 4.98 Å². The number of rotatable bonds is 4. The third-order valence-electron chi connectivity index (χ3n) is 7.26. The summed E-state index contributed by atoms with van der Waals surface area (Å²) in [6, 6.07) is 6.81. The molecule has 3 fully saturated rings. The van der Waals surface area contributed by atoms with Crippen LogP contribution in [-0.2, 0) is 9.47 Å². The van der Waals surface area contributed by atoms with E-state index in [1.807, 2.05) is 23.1 Å². The van der Waals surface area contributed by atoms with Crippen molar-refractivity contribution < 1.29 is 9.47 Å². The van der Waals surface area contributed by atoms with Crippen LogP contribution in [0.3, 0.4) is 0 Å². The number of fused-ring (bicyclic) bond motifs is 1. The number of aromatic nitrogens is 4. The molecule has 3 aliphatic rings. The van der Waals surface area contributed by atoms with Crippen LogP contribution in [0.2, 0.25) is 0 Å². The summed E-state index contributed by atoms with van der Waals surface area (Å²) in [7, 11) is 0. The fraction of sp³-hybridized carbons (Fsp3) is 0.560. The van der Waals surface area contributed by atoms with Gasteiger partial charge in [0.25, 0.3) is 0 Å². The summed E-state index contributed by atoms with van der Waals surface area (Å²) in [6.07, 6.45) is 8.24. The molecule has 4 atom stereocenters. The first-order valence-corrected chi connectivity index (χ1v) is 12.0. The molecule has 0 amide bonds. The van der Waals surface area contributed by atoms with Crippen LogP contribution in [0.15, 0.2) is 30.6 Å². The zero-order valence-corrected chi connectivity index (χ0v) is 18.9. The van der Waals surface area contributed by atoms with Crippen molar-refractivity contribution in [3.8, 4) is 11.4 Å². The summed E-state index contributed by atoms with van der Waals surface area (Å²) in [4.78, 5) is 12.4. The summed E-state index contributed by atoms with van der Waals surface area (Å²) < 4.78 is 13.7. The lowest BCUT2D eigenvalue weighted by Gasteiger charge is -2.34. The zero-order valence-electron chi connectivity index (χ0n) is 18.9. The molecule has 1 aliphatic carbocycles. The monoisotopic (exact) mass is 433 g/mol. The van der Waals surface area contributed by atoms with Gasteiger partial charge in [0, 0.05) is 30.9 Å². The van der Waals surface area contributed by atoms with Gasteiger partial charge in [-0.2, -0.15) is 5.10 Å². The Kier molecular flexibility index (Phi) is 5.11. The first-order chi connectivity index (χ1) is 15.7. The largest absolute Gasteiger partial charge is 0.377 e. The Labute approximate surface area is 188 Å². The topological polar surface area (TPSA) is 65.3 Å². The number of anilines is 1. The quantitative estimate of drug-likeness (QED) is 0.602. The minimum absolute atomic E-state index is 0.0313. The van der Waals surface area contributed by atoms with Gasteiger partial charge < -0.3 is 14.4 Å². The molecule has 0 aromatic carbocycles. The van der Waals surface area contributed by atoms with Crippen molar-refractivity contribution in [2.24, 2.45) is 5.92 Å². The molecule has 3 aromatic heterocycles. The maximum Gasteiger partial charge on any atom is 0.150 e. The van der Waals surface area contributed by atoms with Gasteiger partial charge >= 0.3 is 0 Å². The van der Waals surface area contributed by atoms with E-state index in [9.17, 15) is 0 Å². The number of hydrogen-bond donors (Lipinski definition) is 0. The Morgan fingerprint density at radius 1 is 1.09 bits per heavy atom. The Hall–Kier alpha value is -2.51. The molecule has 0 N–H and O–H groups in total. The first-order valence-electron chi connectivity index (χ1n) is 12.0. The van der Waals surface area contributed by atoms with Crippen molar-refractivity contribution in [2.75, 3.05) is 31.3 Å². The first kappa shape index (κ1) is 20.1. The van der Waals surface area contributed by atoms with Gasteiger partial charge in [0.05, 0.1) is 24.9 Å². The van der Waals surface area contributed by atoms with Crippen LogP contribution in [0.4, 0.5) is 5.82 Å². The van der Waals surface area contributed by atoms with E-state index in [0.29, 0.717) is 17.9 Å². The van der Waals surface area contributed by atoms with Gasteiger partial charge in [-0.1, -0.05) is 6.92 Å². The smallest absolute Gasteiger partial charge is 0.150 e. The maximum atomic E-state index is 6.05. The third kappa shape index (κ3) is 3.48. The fourth-order valence-electron chi connectivity index (χ4n) is 5.28. The highest BCUT2D eigenvalue weighted by Crippen LogP contribution is 2.50. The molecule has 32 heavy (non-hydrogen) atoms.